The van der Waals surface area contributed by atoms with Crippen LogP contribution in [0.3, 0.4) is 0 Å². The van der Waals surface area contributed by atoms with E-state index in [2.05, 4.69) is 15.5 Å². The van der Waals surface area contributed by atoms with Crippen LogP contribution in [0.25, 0.3) is 17.4 Å². The Bertz CT molecular complexity index is 1240. The van der Waals surface area contributed by atoms with E-state index >= 15 is 0 Å². The molecule has 2 aromatic carbocycles. The highest BCUT2D eigenvalue weighted by Gasteiger charge is 2.15. The van der Waals surface area contributed by atoms with E-state index in [0.717, 1.165) is 18.8 Å². The molecule has 2 N–H and O–H groups in total. The van der Waals surface area contributed by atoms with E-state index in [1.165, 1.54) is 25.3 Å². The molecule has 1 aliphatic heterocycles. The molecule has 9 heteroatoms. The maximum absolute atomic E-state index is 12.3. The van der Waals surface area contributed by atoms with Crippen molar-refractivity contribution in [2.45, 2.75) is 19.3 Å². The van der Waals surface area contributed by atoms with Crippen molar-refractivity contribution in [3.05, 3.63) is 75.4 Å². The topological polar surface area (TPSA) is 57.5 Å². The lowest BCUT2D eigenvalue weighted by Crippen LogP contribution is -2.33. The second-order valence-corrected chi connectivity index (χ2v) is 9.39. The molecule has 0 unspecified atom stereocenters. The predicted octanol–water partition coefficient (Wildman–Crippen LogP) is 7.42. The van der Waals surface area contributed by atoms with Crippen LogP contribution in [0.4, 0.5) is 11.4 Å². The Balaban J connectivity index is 1.33. The van der Waals surface area contributed by atoms with Gasteiger partial charge < -0.3 is 14.6 Å². The summed E-state index contributed by atoms with van der Waals surface area (Å²) in [4.78, 5) is 14.6. The van der Waals surface area contributed by atoms with Crippen molar-refractivity contribution in [1.82, 2.24) is 5.32 Å². The zero-order valence-corrected chi connectivity index (χ0v) is 21.2. The van der Waals surface area contributed by atoms with Gasteiger partial charge >= 0.3 is 0 Å². The fourth-order valence-corrected chi connectivity index (χ4v) is 4.64. The van der Waals surface area contributed by atoms with Crippen LogP contribution in [0.2, 0.25) is 15.1 Å². The lowest BCUT2D eigenvalue weighted by atomic mass is 10.1. The zero-order chi connectivity index (χ0) is 24.1. The monoisotopic (exact) mass is 533 g/mol. The fraction of sp³-hybridized carbons (Fsp3) is 0.200. The van der Waals surface area contributed by atoms with Crippen LogP contribution in [0.15, 0.2) is 59.0 Å². The van der Waals surface area contributed by atoms with Crippen LogP contribution in [0, 0.1) is 0 Å². The largest absolute Gasteiger partial charge is 0.457 e. The van der Waals surface area contributed by atoms with Gasteiger partial charge in [0, 0.05) is 30.4 Å². The Morgan fingerprint density at radius 1 is 1.00 bits per heavy atom. The predicted molar refractivity (Wildman–Crippen MR) is 145 cm³/mol. The number of nitrogens with one attached hydrogen (secondary N) is 2. The number of anilines is 2. The van der Waals surface area contributed by atoms with Gasteiger partial charge in [-0.3, -0.25) is 10.1 Å². The number of hydrogen-bond acceptors (Lipinski definition) is 4. The molecule has 0 spiro atoms. The van der Waals surface area contributed by atoms with Crippen molar-refractivity contribution in [2.75, 3.05) is 23.3 Å². The number of nitrogens with zero attached hydrogens (tertiary/aromatic N) is 1. The van der Waals surface area contributed by atoms with E-state index in [1.807, 2.05) is 24.3 Å². The Labute approximate surface area is 218 Å². The highest BCUT2D eigenvalue weighted by molar-refractivity contribution is 7.80. The SMILES string of the molecule is O=C(C=Cc1ccc(-c2cccc(Cl)c2Cl)o1)NC(=S)Nc1ccc(N2CCCCC2)c(Cl)c1. The second-order valence-electron chi connectivity index (χ2n) is 7.79. The van der Waals surface area contributed by atoms with Crippen molar-refractivity contribution >= 4 is 75.5 Å². The van der Waals surface area contributed by atoms with E-state index in [0.29, 0.717) is 37.8 Å². The van der Waals surface area contributed by atoms with E-state index in [-0.39, 0.29) is 5.11 Å². The molecule has 1 saturated heterocycles. The molecule has 4 rings (SSSR count). The fourth-order valence-electron chi connectivity index (χ4n) is 3.73. The van der Waals surface area contributed by atoms with Gasteiger partial charge in [-0.05, 0) is 80.0 Å². The molecule has 0 radical (unpaired) electrons. The smallest absolute Gasteiger partial charge is 0.250 e. The molecule has 5 nitrogen and oxygen atoms in total. The summed E-state index contributed by atoms with van der Waals surface area (Å²) in [6.07, 6.45) is 6.49. The molecule has 1 aromatic heterocycles. The van der Waals surface area contributed by atoms with Gasteiger partial charge in [0.05, 0.1) is 20.8 Å². The zero-order valence-electron chi connectivity index (χ0n) is 18.1. The molecule has 0 aliphatic carbocycles. The van der Waals surface area contributed by atoms with Gasteiger partial charge in [-0.1, -0.05) is 40.9 Å². The quantitative estimate of drug-likeness (QED) is 0.263. The average Bonchev–Trinajstić information content (AvgIpc) is 3.29. The number of benzene rings is 2. The molecule has 2 heterocycles. The summed E-state index contributed by atoms with van der Waals surface area (Å²) in [5.41, 5.74) is 2.39. The first kappa shape index (κ1) is 24.6. The summed E-state index contributed by atoms with van der Waals surface area (Å²) < 4.78 is 5.75. The number of carbonyl (C=O) groups excluding carboxylic acids is 1. The molecular formula is C25H22Cl3N3O2S. The first-order chi connectivity index (χ1) is 16.4. The van der Waals surface area contributed by atoms with Gasteiger partial charge in [-0.25, -0.2) is 0 Å². The third-order valence-corrected chi connectivity index (χ3v) is 6.71. The number of thiocarbonyl (C=S) groups is 1. The van der Waals surface area contributed by atoms with Crippen LogP contribution >= 0.6 is 47.0 Å². The maximum atomic E-state index is 12.3. The highest BCUT2D eigenvalue weighted by Crippen LogP contribution is 2.34. The molecule has 0 saturated carbocycles. The molecule has 1 aliphatic rings. The second kappa shape index (κ2) is 11.3. The van der Waals surface area contributed by atoms with Gasteiger partial charge in [-0.15, -0.1) is 0 Å². The molecule has 1 fully saturated rings. The van der Waals surface area contributed by atoms with E-state index in [9.17, 15) is 4.79 Å². The van der Waals surface area contributed by atoms with Crippen LogP contribution in [-0.4, -0.2) is 24.1 Å². The minimum atomic E-state index is -0.396. The number of hydrogen-bond donors (Lipinski definition) is 2. The van der Waals surface area contributed by atoms with Crippen molar-refractivity contribution in [3.63, 3.8) is 0 Å². The summed E-state index contributed by atoms with van der Waals surface area (Å²) >= 11 is 24.0. The molecule has 1 amide bonds. The minimum absolute atomic E-state index is 0.169. The van der Waals surface area contributed by atoms with Crippen LogP contribution in [-0.2, 0) is 4.79 Å². The van der Waals surface area contributed by atoms with E-state index in [1.54, 1.807) is 30.3 Å². The van der Waals surface area contributed by atoms with Gasteiger partial charge in [0.15, 0.2) is 5.11 Å². The van der Waals surface area contributed by atoms with Crippen molar-refractivity contribution in [3.8, 4) is 11.3 Å². The lowest BCUT2D eigenvalue weighted by Gasteiger charge is -2.29. The molecule has 3 aromatic rings. The molecular weight excluding hydrogens is 513 g/mol. The third kappa shape index (κ3) is 6.13. The van der Waals surface area contributed by atoms with Crippen molar-refractivity contribution in [2.24, 2.45) is 0 Å². The van der Waals surface area contributed by atoms with Gasteiger partial charge in [-0.2, -0.15) is 0 Å². The van der Waals surface area contributed by atoms with Crippen molar-refractivity contribution < 1.29 is 9.21 Å². The first-order valence-corrected chi connectivity index (χ1v) is 12.3. The van der Waals surface area contributed by atoms with Gasteiger partial charge in [0.25, 0.3) is 0 Å². The number of halogens is 3. The number of furan rings is 1. The Hall–Kier alpha value is -2.51. The van der Waals surface area contributed by atoms with Gasteiger partial charge in [0.1, 0.15) is 11.5 Å². The summed E-state index contributed by atoms with van der Waals surface area (Å²) in [5, 5.41) is 7.27. The Morgan fingerprint density at radius 2 is 1.79 bits per heavy atom. The Kier molecular flexibility index (Phi) is 8.16. The standard InChI is InChI=1S/C25H22Cl3N3O2S/c26-19-6-4-5-18(24(19)28)22-11-8-17(33-22)9-12-23(32)30-25(34)29-16-7-10-21(20(27)15-16)31-13-2-1-3-14-31/h4-12,15H,1-3,13-14H2,(H2,29,30,32,34). The summed E-state index contributed by atoms with van der Waals surface area (Å²) in [6, 6.07) is 14.5. The molecule has 176 valence electrons. The average molecular weight is 535 g/mol. The van der Waals surface area contributed by atoms with Crippen LogP contribution < -0.4 is 15.5 Å². The van der Waals surface area contributed by atoms with Crippen molar-refractivity contribution in [1.29, 1.82) is 0 Å². The number of rotatable bonds is 5. The summed E-state index contributed by atoms with van der Waals surface area (Å²) in [5.74, 6) is 0.641. The highest BCUT2D eigenvalue weighted by atomic mass is 35.5. The number of piperidine rings is 1. The maximum Gasteiger partial charge on any atom is 0.250 e. The van der Waals surface area contributed by atoms with Crippen LogP contribution in [0.1, 0.15) is 25.0 Å². The number of amides is 1. The molecule has 0 atom stereocenters. The summed E-state index contributed by atoms with van der Waals surface area (Å²) in [6.45, 7) is 2.02. The first-order valence-electron chi connectivity index (χ1n) is 10.8. The molecule has 34 heavy (non-hydrogen) atoms. The lowest BCUT2D eigenvalue weighted by molar-refractivity contribution is -0.115. The van der Waals surface area contributed by atoms with Gasteiger partial charge in [0.2, 0.25) is 5.91 Å². The minimum Gasteiger partial charge on any atom is -0.457 e. The van der Waals surface area contributed by atoms with E-state index < -0.39 is 5.91 Å². The summed E-state index contributed by atoms with van der Waals surface area (Å²) in [7, 11) is 0. The van der Waals surface area contributed by atoms with E-state index in [4.69, 9.17) is 51.4 Å². The van der Waals surface area contributed by atoms with Crippen LogP contribution in [0.5, 0.6) is 0 Å². The molecule has 0 bridgehead atoms. The number of carbonyl (C=O) groups is 1. The Morgan fingerprint density at radius 3 is 2.56 bits per heavy atom. The normalized spacial score (nSPS) is 13.8. The third-order valence-electron chi connectivity index (χ3n) is 5.38.